The lowest BCUT2D eigenvalue weighted by molar-refractivity contribution is -0.104. The molecule has 0 radical (unpaired) electrons. The molecular weight excluding hydrogens is 262 g/mol. The van der Waals surface area contributed by atoms with E-state index in [0.717, 1.165) is 29.3 Å². The van der Waals surface area contributed by atoms with Gasteiger partial charge in [0.2, 0.25) is 0 Å². The van der Waals surface area contributed by atoms with Crippen molar-refractivity contribution in [2.75, 3.05) is 13.2 Å². The number of ether oxygens (including phenoxy) is 2. The van der Waals surface area contributed by atoms with Crippen LogP contribution in [0.5, 0.6) is 5.75 Å². The number of hydrogen-bond donors (Lipinski definition) is 1. The van der Waals surface area contributed by atoms with Crippen molar-refractivity contribution in [3.05, 3.63) is 28.8 Å². The van der Waals surface area contributed by atoms with E-state index in [1.54, 1.807) is 0 Å². The van der Waals surface area contributed by atoms with Crippen molar-refractivity contribution < 1.29 is 9.47 Å². The van der Waals surface area contributed by atoms with E-state index in [1.807, 2.05) is 32.0 Å². The first kappa shape index (κ1) is 14.6. The van der Waals surface area contributed by atoms with Crippen LogP contribution in [-0.4, -0.2) is 31.4 Å². The zero-order valence-electron chi connectivity index (χ0n) is 11.8. The molecule has 0 aliphatic heterocycles. The van der Waals surface area contributed by atoms with Gasteiger partial charge in [-0.15, -0.1) is 0 Å². The predicted octanol–water partition coefficient (Wildman–Crippen LogP) is 3.18. The standard InChI is InChI=1S/C15H22ClNO2/c1-4-17-12-9-14(15(12)18-5-2)19-13-7-6-11(16)8-10(13)3/h6-8,12,14-15,17H,4-5,9H2,1-3H3. The zero-order valence-corrected chi connectivity index (χ0v) is 12.5. The Hall–Kier alpha value is -0.770. The highest BCUT2D eigenvalue weighted by Crippen LogP contribution is 2.31. The van der Waals surface area contributed by atoms with Crippen molar-refractivity contribution >= 4 is 11.6 Å². The molecule has 0 bridgehead atoms. The van der Waals surface area contributed by atoms with Crippen LogP contribution in [0.3, 0.4) is 0 Å². The van der Waals surface area contributed by atoms with Crippen LogP contribution in [0.2, 0.25) is 5.02 Å². The van der Waals surface area contributed by atoms with Crippen LogP contribution in [-0.2, 0) is 4.74 Å². The van der Waals surface area contributed by atoms with Gasteiger partial charge in [0.05, 0.1) is 0 Å². The number of benzene rings is 1. The molecule has 0 heterocycles. The maximum Gasteiger partial charge on any atom is 0.128 e. The smallest absolute Gasteiger partial charge is 0.128 e. The van der Waals surface area contributed by atoms with Gasteiger partial charge in [-0.2, -0.15) is 0 Å². The molecule has 2 rings (SSSR count). The molecule has 1 fully saturated rings. The SMILES string of the molecule is CCNC1CC(Oc2ccc(Cl)cc2C)C1OCC. The van der Waals surface area contributed by atoms with Gasteiger partial charge >= 0.3 is 0 Å². The molecule has 1 aromatic carbocycles. The van der Waals surface area contributed by atoms with E-state index in [4.69, 9.17) is 21.1 Å². The van der Waals surface area contributed by atoms with Crippen molar-refractivity contribution in [1.82, 2.24) is 5.32 Å². The van der Waals surface area contributed by atoms with Gasteiger partial charge in [-0.25, -0.2) is 0 Å². The lowest BCUT2D eigenvalue weighted by Crippen LogP contribution is -2.61. The lowest BCUT2D eigenvalue weighted by Gasteiger charge is -2.44. The van der Waals surface area contributed by atoms with E-state index >= 15 is 0 Å². The Balaban J connectivity index is 1.98. The Morgan fingerprint density at radius 2 is 2.16 bits per heavy atom. The van der Waals surface area contributed by atoms with Crippen LogP contribution in [0.1, 0.15) is 25.8 Å². The average Bonchev–Trinajstić information content (AvgIpc) is 2.37. The summed E-state index contributed by atoms with van der Waals surface area (Å²) in [6.07, 6.45) is 1.25. The summed E-state index contributed by atoms with van der Waals surface area (Å²) in [6, 6.07) is 6.12. The summed E-state index contributed by atoms with van der Waals surface area (Å²) in [6.45, 7) is 7.82. The second-order valence-electron chi connectivity index (χ2n) is 4.89. The van der Waals surface area contributed by atoms with Gasteiger partial charge in [0.25, 0.3) is 0 Å². The largest absolute Gasteiger partial charge is 0.487 e. The fourth-order valence-corrected chi connectivity index (χ4v) is 2.71. The summed E-state index contributed by atoms with van der Waals surface area (Å²) in [7, 11) is 0. The molecule has 1 aliphatic rings. The highest BCUT2D eigenvalue weighted by Gasteiger charge is 2.43. The van der Waals surface area contributed by atoms with Crippen molar-refractivity contribution in [1.29, 1.82) is 0 Å². The molecule has 4 heteroatoms. The molecule has 1 aromatic rings. The van der Waals surface area contributed by atoms with Gasteiger partial charge in [0.1, 0.15) is 18.0 Å². The van der Waals surface area contributed by atoms with Crippen LogP contribution in [0, 0.1) is 6.92 Å². The molecule has 0 amide bonds. The Labute approximate surface area is 120 Å². The third kappa shape index (κ3) is 3.41. The summed E-state index contributed by atoms with van der Waals surface area (Å²) in [5.74, 6) is 0.897. The van der Waals surface area contributed by atoms with Gasteiger partial charge in [0, 0.05) is 24.1 Å². The number of likely N-dealkylation sites (N-methyl/N-ethyl adjacent to an activating group) is 1. The third-order valence-corrected chi connectivity index (χ3v) is 3.73. The summed E-state index contributed by atoms with van der Waals surface area (Å²) >= 11 is 5.95. The second-order valence-corrected chi connectivity index (χ2v) is 5.32. The van der Waals surface area contributed by atoms with Crippen LogP contribution in [0.25, 0.3) is 0 Å². The number of hydrogen-bond acceptors (Lipinski definition) is 3. The first-order valence-electron chi connectivity index (χ1n) is 6.93. The highest BCUT2D eigenvalue weighted by atomic mass is 35.5. The first-order valence-corrected chi connectivity index (χ1v) is 7.31. The van der Waals surface area contributed by atoms with E-state index in [0.29, 0.717) is 12.6 Å². The lowest BCUT2D eigenvalue weighted by atomic mass is 9.85. The number of halogens is 1. The van der Waals surface area contributed by atoms with Crippen molar-refractivity contribution in [3.63, 3.8) is 0 Å². The Bertz CT molecular complexity index is 425. The van der Waals surface area contributed by atoms with E-state index in [1.165, 1.54) is 0 Å². The van der Waals surface area contributed by atoms with Crippen LogP contribution in [0.4, 0.5) is 0 Å². The second kappa shape index (κ2) is 6.60. The van der Waals surface area contributed by atoms with E-state index < -0.39 is 0 Å². The molecule has 0 aromatic heterocycles. The molecule has 1 N–H and O–H groups in total. The molecule has 3 atom stereocenters. The maximum atomic E-state index is 6.05. The highest BCUT2D eigenvalue weighted by molar-refractivity contribution is 6.30. The molecule has 106 valence electrons. The first-order chi connectivity index (χ1) is 9.15. The average molecular weight is 284 g/mol. The molecular formula is C15H22ClNO2. The van der Waals surface area contributed by atoms with E-state index in [2.05, 4.69) is 12.2 Å². The number of nitrogens with one attached hydrogen (secondary N) is 1. The van der Waals surface area contributed by atoms with Gasteiger partial charge < -0.3 is 14.8 Å². The normalized spacial score (nSPS) is 26.0. The summed E-state index contributed by atoms with van der Waals surface area (Å²) in [5, 5.41) is 4.17. The quantitative estimate of drug-likeness (QED) is 0.870. The molecule has 0 spiro atoms. The van der Waals surface area contributed by atoms with E-state index in [-0.39, 0.29) is 12.2 Å². The van der Waals surface area contributed by atoms with Crippen LogP contribution >= 0.6 is 11.6 Å². The maximum absolute atomic E-state index is 6.05. The minimum Gasteiger partial charge on any atom is -0.487 e. The summed E-state index contributed by atoms with van der Waals surface area (Å²) < 4.78 is 11.8. The Morgan fingerprint density at radius 1 is 1.37 bits per heavy atom. The third-order valence-electron chi connectivity index (χ3n) is 3.49. The van der Waals surface area contributed by atoms with Crippen molar-refractivity contribution in [3.8, 4) is 5.75 Å². The number of aryl methyl sites for hydroxylation is 1. The van der Waals surface area contributed by atoms with Gasteiger partial charge in [-0.05, 0) is 44.2 Å². The van der Waals surface area contributed by atoms with Gasteiger partial charge in [-0.1, -0.05) is 18.5 Å². The monoisotopic (exact) mass is 283 g/mol. The van der Waals surface area contributed by atoms with Crippen molar-refractivity contribution in [2.45, 2.75) is 45.4 Å². The zero-order chi connectivity index (χ0) is 13.8. The minimum absolute atomic E-state index is 0.129. The topological polar surface area (TPSA) is 30.5 Å². The van der Waals surface area contributed by atoms with Crippen LogP contribution < -0.4 is 10.1 Å². The fourth-order valence-electron chi connectivity index (χ4n) is 2.48. The van der Waals surface area contributed by atoms with Crippen LogP contribution in [0.15, 0.2) is 18.2 Å². The molecule has 1 aliphatic carbocycles. The summed E-state index contributed by atoms with van der Waals surface area (Å²) in [4.78, 5) is 0. The Kier molecular flexibility index (Phi) is 5.08. The summed E-state index contributed by atoms with van der Waals surface area (Å²) in [5.41, 5.74) is 1.06. The predicted molar refractivity (Wildman–Crippen MR) is 78.1 cm³/mol. The molecule has 0 saturated heterocycles. The van der Waals surface area contributed by atoms with Gasteiger partial charge in [-0.3, -0.25) is 0 Å². The van der Waals surface area contributed by atoms with Crippen molar-refractivity contribution in [2.24, 2.45) is 0 Å². The van der Waals surface area contributed by atoms with E-state index in [9.17, 15) is 0 Å². The minimum atomic E-state index is 0.129. The number of rotatable bonds is 6. The molecule has 1 saturated carbocycles. The fraction of sp³-hybridized carbons (Fsp3) is 0.600. The molecule has 19 heavy (non-hydrogen) atoms. The Morgan fingerprint density at radius 3 is 2.79 bits per heavy atom. The molecule has 3 unspecified atom stereocenters. The van der Waals surface area contributed by atoms with Gasteiger partial charge in [0.15, 0.2) is 0 Å². The molecule has 3 nitrogen and oxygen atoms in total.